The van der Waals surface area contributed by atoms with E-state index in [9.17, 15) is 9.18 Å². The van der Waals surface area contributed by atoms with Gasteiger partial charge in [-0.05, 0) is 38.1 Å². The van der Waals surface area contributed by atoms with Crippen molar-refractivity contribution in [2.45, 2.75) is 25.5 Å². The van der Waals surface area contributed by atoms with Gasteiger partial charge in [-0.15, -0.1) is 10.2 Å². The maximum Gasteiger partial charge on any atom is 0.234 e. The minimum Gasteiger partial charge on any atom is -0.325 e. The Morgan fingerprint density at radius 3 is 2.73 bits per heavy atom. The van der Waals surface area contributed by atoms with Crippen LogP contribution in [0.4, 0.5) is 10.1 Å². The summed E-state index contributed by atoms with van der Waals surface area (Å²) in [6, 6.07) is 8.34. The molecule has 0 saturated carbocycles. The van der Waals surface area contributed by atoms with Gasteiger partial charge in [0.1, 0.15) is 5.82 Å². The van der Waals surface area contributed by atoms with E-state index in [0.717, 1.165) is 11.4 Å². The first-order valence-corrected chi connectivity index (χ1v) is 9.10. The number of anilines is 1. The molecule has 0 saturated heterocycles. The number of pyridine rings is 1. The number of carbonyl (C=O) groups excluding carboxylic acids is 1. The van der Waals surface area contributed by atoms with Crippen molar-refractivity contribution in [2.75, 3.05) is 11.1 Å². The van der Waals surface area contributed by atoms with Crippen LogP contribution in [0.15, 0.2) is 47.9 Å². The van der Waals surface area contributed by atoms with Crippen LogP contribution in [0.5, 0.6) is 0 Å². The highest BCUT2D eigenvalue weighted by Gasteiger charge is 2.15. The highest BCUT2D eigenvalue weighted by Crippen LogP contribution is 2.24. The maximum absolute atomic E-state index is 13.6. The Morgan fingerprint density at radius 1 is 1.23 bits per heavy atom. The minimum atomic E-state index is -0.344. The molecule has 1 N–H and O–H groups in total. The topological polar surface area (TPSA) is 72.7 Å². The van der Waals surface area contributed by atoms with Gasteiger partial charge in [0.2, 0.25) is 5.91 Å². The lowest BCUT2D eigenvalue weighted by Crippen LogP contribution is -2.15. The number of benzene rings is 1. The third kappa shape index (κ3) is 3.91. The highest BCUT2D eigenvalue weighted by atomic mass is 32.2. The summed E-state index contributed by atoms with van der Waals surface area (Å²) in [6.45, 7) is 4.30. The summed E-state index contributed by atoms with van der Waals surface area (Å²) >= 11 is 1.29. The quantitative estimate of drug-likeness (QED) is 0.671. The van der Waals surface area contributed by atoms with Crippen LogP contribution >= 0.6 is 11.8 Å². The van der Waals surface area contributed by atoms with Gasteiger partial charge in [-0.1, -0.05) is 17.8 Å². The molecule has 1 aromatic carbocycles. The molecule has 0 unspecified atom stereocenters. The molecule has 134 valence electrons. The Balaban J connectivity index is 1.69. The van der Waals surface area contributed by atoms with Crippen LogP contribution in [-0.2, 0) is 11.3 Å². The van der Waals surface area contributed by atoms with Crippen molar-refractivity contribution >= 4 is 23.4 Å². The summed E-state index contributed by atoms with van der Waals surface area (Å²) in [5.41, 5.74) is 1.81. The van der Waals surface area contributed by atoms with Gasteiger partial charge < -0.3 is 9.88 Å². The van der Waals surface area contributed by atoms with Gasteiger partial charge in [-0.25, -0.2) is 4.39 Å². The average Bonchev–Trinajstić information content (AvgIpc) is 3.07. The molecule has 3 aromatic rings. The summed E-state index contributed by atoms with van der Waals surface area (Å²) in [5, 5.41) is 11.8. The Bertz CT molecular complexity index is 913. The number of halogens is 1. The van der Waals surface area contributed by atoms with Crippen LogP contribution in [0.2, 0.25) is 0 Å². The van der Waals surface area contributed by atoms with Gasteiger partial charge in [0.05, 0.1) is 5.75 Å². The summed E-state index contributed by atoms with van der Waals surface area (Å²) in [7, 11) is 0. The number of amides is 1. The number of hydrogen-bond donors (Lipinski definition) is 1. The number of thioether (sulfide) groups is 1. The molecule has 1 amide bonds. The van der Waals surface area contributed by atoms with E-state index < -0.39 is 0 Å². The molecule has 0 aliphatic carbocycles. The smallest absolute Gasteiger partial charge is 0.234 e. The predicted molar refractivity (Wildman–Crippen MR) is 99.4 cm³/mol. The molecule has 0 radical (unpaired) electrons. The summed E-state index contributed by atoms with van der Waals surface area (Å²) < 4.78 is 15.5. The fraction of sp³-hybridized carbons (Fsp3) is 0.222. The molecule has 0 fully saturated rings. The van der Waals surface area contributed by atoms with Crippen molar-refractivity contribution in [3.63, 3.8) is 0 Å². The number of rotatable bonds is 6. The van der Waals surface area contributed by atoms with Crippen molar-refractivity contribution in [1.82, 2.24) is 19.7 Å². The number of hydrogen-bond acceptors (Lipinski definition) is 5. The van der Waals surface area contributed by atoms with Gasteiger partial charge in [0, 0.05) is 35.8 Å². The number of carbonyl (C=O) groups is 1. The van der Waals surface area contributed by atoms with Gasteiger partial charge in [-0.2, -0.15) is 0 Å². The fourth-order valence-corrected chi connectivity index (χ4v) is 3.26. The third-order valence-corrected chi connectivity index (χ3v) is 4.81. The van der Waals surface area contributed by atoms with Crippen molar-refractivity contribution in [3.05, 3.63) is 54.1 Å². The van der Waals surface area contributed by atoms with Crippen molar-refractivity contribution in [3.8, 4) is 11.4 Å². The zero-order chi connectivity index (χ0) is 18.5. The van der Waals surface area contributed by atoms with Crippen LogP contribution in [0.1, 0.15) is 12.5 Å². The van der Waals surface area contributed by atoms with Gasteiger partial charge >= 0.3 is 0 Å². The lowest BCUT2D eigenvalue weighted by molar-refractivity contribution is -0.113. The average molecular weight is 371 g/mol. The summed E-state index contributed by atoms with van der Waals surface area (Å²) in [5.74, 6) is 0.325. The van der Waals surface area contributed by atoms with Crippen LogP contribution in [0, 0.1) is 12.7 Å². The summed E-state index contributed by atoms with van der Waals surface area (Å²) in [6.07, 6.45) is 3.40. The van der Waals surface area contributed by atoms with Crippen LogP contribution in [0.25, 0.3) is 11.4 Å². The predicted octanol–water partition coefficient (Wildman–Crippen LogP) is 3.54. The molecule has 0 aliphatic rings. The lowest BCUT2D eigenvalue weighted by Gasteiger charge is -2.09. The zero-order valence-electron chi connectivity index (χ0n) is 14.4. The van der Waals surface area contributed by atoms with E-state index in [1.54, 1.807) is 31.5 Å². The fourth-order valence-electron chi connectivity index (χ4n) is 2.45. The Kier molecular flexibility index (Phi) is 5.62. The molecule has 2 heterocycles. The molecule has 26 heavy (non-hydrogen) atoms. The second-order valence-electron chi connectivity index (χ2n) is 5.54. The first-order chi connectivity index (χ1) is 12.6. The Labute approximate surface area is 154 Å². The second kappa shape index (κ2) is 8.09. The molecular formula is C18H18FN5OS. The van der Waals surface area contributed by atoms with Crippen molar-refractivity contribution in [2.24, 2.45) is 0 Å². The van der Waals surface area contributed by atoms with E-state index in [1.165, 1.54) is 17.8 Å². The maximum atomic E-state index is 13.6. The number of nitrogens with one attached hydrogen (secondary N) is 1. The number of aromatic nitrogens is 4. The molecule has 3 rings (SSSR count). The SMILES string of the molecule is CCn1c(SCC(=O)Nc2cccc(F)c2C)nnc1-c1ccncc1. The molecule has 6 nitrogen and oxygen atoms in total. The second-order valence-corrected chi connectivity index (χ2v) is 6.48. The van der Waals surface area contributed by atoms with E-state index in [-0.39, 0.29) is 17.5 Å². The van der Waals surface area contributed by atoms with Crippen LogP contribution in [-0.4, -0.2) is 31.4 Å². The largest absolute Gasteiger partial charge is 0.325 e. The molecule has 8 heteroatoms. The minimum absolute atomic E-state index is 0.157. The summed E-state index contributed by atoms with van der Waals surface area (Å²) in [4.78, 5) is 16.2. The first-order valence-electron chi connectivity index (χ1n) is 8.11. The molecular weight excluding hydrogens is 353 g/mol. The first kappa shape index (κ1) is 18.1. The molecule has 0 bridgehead atoms. The van der Waals surface area contributed by atoms with Crippen LogP contribution < -0.4 is 5.32 Å². The van der Waals surface area contributed by atoms with E-state index in [4.69, 9.17) is 0 Å². The van der Waals surface area contributed by atoms with Crippen molar-refractivity contribution in [1.29, 1.82) is 0 Å². The van der Waals surface area contributed by atoms with Crippen molar-refractivity contribution < 1.29 is 9.18 Å². The molecule has 2 aromatic heterocycles. The van der Waals surface area contributed by atoms with Crippen LogP contribution in [0.3, 0.4) is 0 Å². The molecule has 0 spiro atoms. The van der Waals surface area contributed by atoms with E-state index in [1.807, 2.05) is 23.6 Å². The van der Waals surface area contributed by atoms with E-state index in [2.05, 4.69) is 20.5 Å². The van der Waals surface area contributed by atoms with E-state index in [0.29, 0.717) is 23.0 Å². The standard InChI is InChI=1S/C18H18FN5OS/c1-3-24-17(13-7-9-20-10-8-13)22-23-18(24)26-11-16(25)21-15-6-4-5-14(19)12(15)2/h4-10H,3,11H2,1-2H3,(H,21,25). The highest BCUT2D eigenvalue weighted by molar-refractivity contribution is 7.99. The lowest BCUT2D eigenvalue weighted by atomic mass is 10.2. The molecule has 0 aliphatic heterocycles. The molecule has 0 atom stereocenters. The Morgan fingerprint density at radius 2 is 2.00 bits per heavy atom. The van der Waals surface area contributed by atoms with Gasteiger partial charge in [-0.3, -0.25) is 9.78 Å². The van der Waals surface area contributed by atoms with Gasteiger partial charge in [0.15, 0.2) is 11.0 Å². The third-order valence-electron chi connectivity index (χ3n) is 3.85. The number of nitrogens with zero attached hydrogens (tertiary/aromatic N) is 4. The normalized spacial score (nSPS) is 10.7. The van der Waals surface area contributed by atoms with E-state index >= 15 is 0 Å². The monoisotopic (exact) mass is 371 g/mol. The van der Waals surface area contributed by atoms with Gasteiger partial charge in [0.25, 0.3) is 0 Å². The zero-order valence-corrected chi connectivity index (χ0v) is 15.3. The Hall–Kier alpha value is -2.74.